The smallest absolute Gasteiger partial charge is 0.319 e. The van der Waals surface area contributed by atoms with Gasteiger partial charge in [0.25, 0.3) is 0 Å². The van der Waals surface area contributed by atoms with Gasteiger partial charge in [0.2, 0.25) is 11.8 Å². The molecule has 19 heteroatoms. The van der Waals surface area contributed by atoms with Crippen LogP contribution in [0.3, 0.4) is 0 Å². The van der Waals surface area contributed by atoms with Gasteiger partial charge in [0.1, 0.15) is 41.3 Å². The molecule has 6 atom stereocenters. The Morgan fingerprint density at radius 1 is 1.03 bits per heavy atom. The van der Waals surface area contributed by atoms with Crippen LogP contribution < -0.4 is 25.2 Å². The zero-order valence-electron chi connectivity index (χ0n) is 46.0. The molecule has 9 heterocycles. The summed E-state index contributed by atoms with van der Waals surface area (Å²) in [4.78, 5) is 56.5. The number of aromatic nitrogens is 5. The van der Waals surface area contributed by atoms with Crippen molar-refractivity contribution in [3.8, 4) is 33.5 Å². The molecule has 17 nitrogen and oxygen atoms in total. The summed E-state index contributed by atoms with van der Waals surface area (Å²) in [5.74, 6) is 0.0644. The Balaban J connectivity index is 0.717. The molecule has 4 aromatic heterocycles. The number of carbonyl (C=O) groups excluding carboxylic acids is 2. The second-order valence-electron chi connectivity index (χ2n) is 22.6. The summed E-state index contributed by atoms with van der Waals surface area (Å²) in [6, 6.07) is 18.6. The predicted molar refractivity (Wildman–Crippen MR) is 305 cm³/mol. The van der Waals surface area contributed by atoms with Crippen molar-refractivity contribution in [3.05, 3.63) is 101 Å². The third-order valence-corrected chi connectivity index (χ3v) is 17.8. The number of phenols is 1. The molecule has 5 fully saturated rings. The minimum atomic E-state index is -0.834. The monoisotopic (exact) mass is 1090 g/mol. The summed E-state index contributed by atoms with van der Waals surface area (Å²) in [5.41, 5.74) is 6.62. The van der Waals surface area contributed by atoms with E-state index in [9.17, 15) is 19.8 Å². The van der Waals surface area contributed by atoms with Crippen molar-refractivity contribution in [2.45, 2.75) is 116 Å². The molecule has 416 valence electrons. The summed E-state index contributed by atoms with van der Waals surface area (Å²) in [7, 11) is 1.99. The Hall–Kier alpha value is -6.80. The number of phenolic OH excluding ortho intramolecular Hbond substituents is 1. The van der Waals surface area contributed by atoms with Crippen LogP contribution in [0, 0.1) is 24.6 Å². The first-order chi connectivity index (χ1) is 38.2. The van der Waals surface area contributed by atoms with Crippen LogP contribution in [0.4, 0.5) is 16.0 Å². The van der Waals surface area contributed by atoms with Gasteiger partial charge < -0.3 is 44.8 Å². The number of hydrogen-bond acceptors (Lipinski definition) is 16. The topological polar surface area (TPSA) is 198 Å². The molecule has 0 radical (unpaired) electrons. The van der Waals surface area contributed by atoms with E-state index in [4.69, 9.17) is 24.2 Å². The molecular weight excluding hydrogens is 1020 g/mol. The Kier molecular flexibility index (Phi) is 15.9. The molecule has 79 heavy (non-hydrogen) atoms. The van der Waals surface area contributed by atoms with Gasteiger partial charge in [-0.3, -0.25) is 19.5 Å². The number of nitrogens with zero attached hydrogens (tertiary/aromatic N) is 9. The van der Waals surface area contributed by atoms with E-state index in [0.717, 1.165) is 109 Å². The average Bonchev–Trinajstić information content (AvgIpc) is 4.27. The van der Waals surface area contributed by atoms with Crippen LogP contribution >= 0.6 is 11.3 Å². The molecule has 3 aromatic carbocycles. The van der Waals surface area contributed by atoms with E-state index in [1.807, 2.05) is 88.8 Å². The van der Waals surface area contributed by atoms with Crippen LogP contribution in [0.5, 0.6) is 11.8 Å². The molecule has 2 amide bonds. The highest BCUT2D eigenvalue weighted by Gasteiger charge is 2.44. The van der Waals surface area contributed by atoms with Gasteiger partial charge >= 0.3 is 6.01 Å². The molecule has 5 aliphatic heterocycles. The lowest BCUT2D eigenvalue weighted by atomic mass is 9.91. The lowest BCUT2D eigenvalue weighted by Gasteiger charge is -2.38. The lowest BCUT2D eigenvalue weighted by Crippen LogP contribution is -2.54. The second-order valence-corrected chi connectivity index (χ2v) is 23.4. The highest BCUT2D eigenvalue weighted by molar-refractivity contribution is 7.13. The van der Waals surface area contributed by atoms with Gasteiger partial charge in [0.15, 0.2) is 17.4 Å². The van der Waals surface area contributed by atoms with Crippen LogP contribution in [-0.4, -0.2) is 141 Å². The maximum absolute atomic E-state index is 17.2. The molecule has 0 aliphatic carbocycles. The minimum Gasteiger partial charge on any atom is -0.508 e. The van der Waals surface area contributed by atoms with Gasteiger partial charge in [0.05, 0.1) is 33.6 Å². The molecule has 2 unspecified atom stereocenters. The number of nitrogens with one attached hydrogen (secondary N) is 2. The van der Waals surface area contributed by atoms with Crippen LogP contribution in [0.1, 0.15) is 101 Å². The number of aliphatic hydroxyl groups is 1. The second kappa shape index (κ2) is 23.1. The van der Waals surface area contributed by atoms with E-state index < -0.39 is 23.9 Å². The fourth-order valence-corrected chi connectivity index (χ4v) is 13.3. The molecule has 0 spiro atoms. The number of aromatic hydroxyl groups is 1. The predicted octanol–water partition coefficient (Wildman–Crippen LogP) is 8.81. The van der Waals surface area contributed by atoms with Gasteiger partial charge in [-0.2, -0.15) is 9.97 Å². The van der Waals surface area contributed by atoms with Crippen molar-refractivity contribution < 1.29 is 33.5 Å². The Morgan fingerprint density at radius 3 is 2.59 bits per heavy atom. The van der Waals surface area contributed by atoms with Crippen molar-refractivity contribution in [3.63, 3.8) is 0 Å². The Morgan fingerprint density at radius 2 is 1.84 bits per heavy atom. The maximum Gasteiger partial charge on any atom is 0.319 e. The molecule has 5 saturated heterocycles. The molecule has 12 rings (SSSR count). The number of halogens is 1. The van der Waals surface area contributed by atoms with Crippen molar-refractivity contribution in [1.82, 2.24) is 45.5 Å². The van der Waals surface area contributed by atoms with E-state index >= 15 is 4.39 Å². The number of ether oxygens (including phenoxy) is 1. The first-order valence-electron chi connectivity index (χ1n) is 28.1. The van der Waals surface area contributed by atoms with Crippen LogP contribution in [-0.2, 0) is 16.0 Å². The summed E-state index contributed by atoms with van der Waals surface area (Å²) in [6.45, 7) is 14.9. The van der Waals surface area contributed by atoms with Crippen LogP contribution in [0.15, 0.2) is 76.9 Å². The van der Waals surface area contributed by atoms with Gasteiger partial charge in [0, 0.05) is 76.1 Å². The van der Waals surface area contributed by atoms with Crippen LogP contribution in [0.2, 0.25) is 0 Å². The number of hydrogen-bond donors (Lipinski definition) is 4. The van der Waals surface area contributed by atoms with Gasteiger partial charge in [-0.15, -0.1) is 11.3 Å². The van der Waals surface area contributed by atoms with E-state index in [1.54, 1.807) is 29.7 Å². The van der Waals surface area contributed by atoms with Crippen molar-refractivity contribution in [2.24, 2.45) is 11.8 Å². The largest absolute Gasteiger partial charge is 0.508 e. The standard InChI is InChI=1S/C60H72FN11O6S/c1-7-38-10-8-11-41-24-44(73)25-46(52(38)41)54-53(61)55-47(29-63-54)57(71-31-42-12-9-13-43(71)28-62-42)67-60(66-55)77-23-22-70-20-18-37(19-21-70)30-69(6)50-27-49(78-68-50)51(34(2)3)59(76)72-32-45(74)26-48(72)58(75)65-35(4)39-14-16-40(17-15-39)56-36(5)64-33-79-56/h8,10-11,14-17,24-25,27,29,33-35,37,42-43,45,48,51,62,73-74H,7,9,12-13,18-23,26,28,30-32H2,1-6H3,(H,65,75)/t35-,42?,43?,45+,48-,51-/m0/s1. The summed E-state index contributed by atoms with van der Waals surface area (Å²) >= 11 is 1.59. The molecule has 4 N–H and O–H groups in total. The Bertz CT molecular complexity index is 3320. The fraction of sp³-hybridized carbons (Fsp3) is 0.483. The number of carbonyl (C=O) groups is 2. The number of thiazole rings is 1. The maximum atomic E-state index is 17.2. The van der Waals surface area contributed by atoms with E-state index in [-0.39, 0.29) is 65.8 Å². The zero-order chi connectivity index (χ0) is 55.1. The van der Waals surface area contributed by atoms with Crippen molar-refractivity contribution in [2.75, 3.05) is 69.3 Å². The summed E-state index contributed by atoms with van der Waals surface area (Å²) in [6.07, 6.45) is 6.80. The van der Waals surface area contributed by atoms with Gasteiger partial charge in [-0.05, 0) is 117 Å². The number of anilines is 2. The van der Waals surface area contributed by atoms with E-state index in [2.05, 4.69) is 42.4 Å². The number of β-amino-alcohol motifs (C(OH)–C–C–N with tert-alkyl or cyclic N) is 1. The zero-order valence-corrected chi connectivity index (χ0v) is 46.8. The molecular formula is C60H72FN11O6S. The van der Waals surface area contributed by atoms with Gasteiger partial charge in [-0.25, -0.2) is 9.37 Å². The van der Waals surface area contributed by atoms with E-state index in [1.165, 1.54) is 4.90 Å². The number of amides is 2. The average molecular weight is 1090 g/mol. The quantitative estimate of drug-likeness (QED) is 0.0674. The van der Waals surface area contributed by atoms with E-state index in [0.29, 0.717) is 53.5 Å². The number of piperidine rings is 1. The van der Waals surface area contributed by atoms with Gasteiger partial charge in [-0.1, -0.05) is 68.4 Å². The summed E-state index contributed by atoms with van der Waals surface area (Å²) < 4.78 is 29.5. The Labute approximate surface area is 464 Å². The first kappa shape index (κ1) is 54.2. The number of pyridine rings is 1. The molecule has 7 aromatic rings. The summed E-state index contributed by atoms with van der Waals surface area (Å²) in [5, 5.41) is 35.0. The number of fused-ring (bicyclic) bond motifs is 6. The highest BCUT2D eigenvalue weighted by atomic mass is 32.1. The highest BCUT2D eigenvalue weighted by Crippen LogP contribution is 2.40. The normalized spacial score (nSPS) is 20.8. The number of piperazine rings is 1. The number of rotatable bonds is 17. The van der Waals surface area contributed by atoms with Crippen molar-refractivity contribution >= 4 is 56.5 Å². The van der Waals surface area contributed by atoms with Crippen LogP contribution in [0.25, 0.3) is 43.4 Å². The third kappa shape index (κ3) is 11.2. The lowest BCUT2D eigenvalue weighted by molar-refractivity contribution is -0.141. The first-order valence-corrected chi connectivity index (χ1v) is 29.0. The van der Waals surface area contributed by atoms with Crippen molar-refractivity contribution in [1.29, 1.82) is 0 Å². The third-order valence-electron chi connectivity index (χ3n) is 16.9. The SMILES string of the molecule is CCc1cccc2cc(O)cc(-c3ncc4c(N5CC6CCCC5CN6)nc(OCCN5CCC(CN(C)c6cc([C@@H](C(=O)N7C[C@H](O)C[C@H]7C(=O)N[C@@H](C)c7ccc(-c8scnc8C)cc7)C(C)C)on6)CC5)nc4c3F)c12. The number of benzene rings is 3. The minimum absolute atomic E-state index is 0.0365. The molecule has 2 bridgehead atoms. The molecule has 0 saturated carbocycles. The number of aliphatic hydroxyl groups excluding tert-OH is 1. The number of likely N-dealkylation sites (tertiary alicyclic amines) is 2. The number of aryl methyl sites for hydroxylation is 2. The molecule has 5 aliphatic rings. The fourth-order valence-electron chi connectivity index (χ4n) is 12.5.